The van der Waals surface area contributed by atoms with Crippen LogP contribution in [-0.2, 0) is 19.6 Å². The van der Waals surface area contributed by atoms with Gasteiger partial charge < -0.3 is 14.4 Å². The van der Waals surface area contributed by atoms with E-state index in [2.05, 4.69) is 21.4 Å². The van der Waals surface area contributed by atoms with Gasteiger partial charge in [-0.25, -0.2) is 4.98 Å². The number of imidazole rings is 1. The largest absolute Gasteiger partial charge is 0.507 e. The SMILES string of the molecule is CCCOc1ccc(CN2CCn3ccnc3C2)c(O)c1. The second-order valence-electron chi connectivity index (χ2n) is 5.39. The molecule has 0 aliphatic carbocycles. The Morgan fingerprint density at radius 2 is 2.24 bits per heavy atom. The standard InChI is InChI=1S/C16H21N3O2/c1-2-9-21-14-4-3-13(15(20)10-14)11-18-7-8-19-6-5-17-16(19)12-18/h3-6,10,20H,2,7-9,11-12H2,1H3. The van der Waals surface area contributed by atoms with Crippen molar-refractivity contribution in [3.63, 3.8) is 0 Å². The zero-order valence-corrected chi connectivity index (χ0v) is 12.3. The molecule has 5 nitrogen and oxygen atoms in total. The van der Waals surface area contributed by atoms with Crippen molar-refractivity contribution < 1.29 is 9.84 Å². The van der Waals surface area contributed by atoms with Crippen molar-refractivity contribution in [2.75, 3.05) is 13.2 Å². The summed E-state index contributed by atoms with van der Waals surface area (Å²) >= 11 is 0. The number of fused-ring (bicyclic) bond motifs is 1. The number of phenolic OH excluding ortho intramolecular Hbond substituents is 1. The number of nitrogens with zero attached hydrogens (tertiary/aromatic N) is 3. The topological polar surface area (TPSA) is 50.5 Å². The average Bonchev–Trinajstić information content (AvgIpc) is 2.95. The summed E-state index contributed by atoms with van der Waals surface area (Å²) < 4.78 is 7.71. The van der Waals surface area contributed by atoms with Crippen LogP contribution in [0.1, 0.15) is 24.7 Å². The van der Waals surface area contributed by atoms with Crippen LogP contribution in [0.3, 0.4) is 0 Å². The zero-order chi connectivity index (χ0) is 14.7. The van der Waals surface area contributed by atoms with Gasteiger partial charge in [0.2, 0.25) is 0 Å². The van der Waals surface area contributed by atoms with Crippen LogP contribution in [0.25, 0.3) is 0 Å². The number of benzene rings is 1. The molecule has 0 fully saturated rings. The first kappa shape index (κ1) is 13.9. The van der Waals surface area contributed by atoms with Crippen molar-refractivity contribution >= 4 is 0 Å². The molecule has 1 N–H and O–H groups in total. The fourth-order valence-corrected chi connectivity index (χ4v) is 2.59. The molecule has 0 saturated heterocycles. The normalized spacial score (nSPS) is 14.9. The van der Waals surface area contributed by atoms with E-state index in [4.69, 9.17) is 4.74 Å². The van der Waals surface area contributed by atoms with Crippen LogP contribution in [0.15, 0.2) is 30.6 Å². The van der Waals surface area contributed by atoms with E-state index >= 15 is 0 Å². The minimum Gasteiger partial charge on any atom is -0.507 e. The molecule has 2 heterocycles. The third kappa shape index (κ3) is 3.19. The van der Waals surface area contributed by atoms with Crippen LogP contribution >= 0.6 is 0 Å². The predicted molar refractivity (Wildman–Crippen MR) is 80.2 cm³/mol. The van der Waals surface area contributed by atoms with E-state index in [0.717, 1.165) is 49.7 Å². The van der Waals surface area contributed by atoms with Gasteiger partial charge in [-0.3, -0.25) is 4.90 Å². The molecule has 21 heavy (non-hydrogen) atoms. The lowest BCUT2D eigenvalue weighted by Gasteiger charge is -2.27. The number of phenols is 1. The smallest absolute Gasteiger partial charge is 0.123 e. The highest BCUT2D eigenvalue weighted by Gasteiger charge is 2.17. The highest BCUT2D eigenvalue weighted by molar-refractivity contribution is 5.39. The van der Waals surface area contributed by atoms with Crippen LogP contribution in [0.5, 0.6) is 11.5 Å². The van der Waals surface area contributed by atoms with Gasteiger partial charge in [0.25, 0.3) is 0 Å². The molecule has 1 aromatic carbocycles. The molecule has 0 unspecified atom stereocenters. The van der Waals surface area contributed by atoms with Crippen LogP contribution in [0, 0.1) is 0 Å². The first-order valence-electron chi connectivity index (χ1n) is 7.43. The molecule has 0 radical (unpaired) electrons. The molecule has 0 bridgehead atoms. The van der Waals surface area contributed by atoms with Gasteiger partial charge in [0.15, 0.2) is 0 Å². The first-order valence-corrected chi connectivity index (χ1v) is 7.43. The number of aromatic hydroxyl groups is 1. The van der Waals surface area contributed by atoms with E-state index in [9.17, 15) is 5.11 Å². The van der Waals surface area contributed by atoms with E-state index < -0.39 is 0 Å². The molecule has 2 aromatic rings. The minimum atomic E-state index is 0.303. The number of ether oxygens (including phenoxy) is 1. The summed E-state index contributed by atoms with van der Waals surface area (Å²) in [5, 5.41) is 10.1. The third-order valence-electron chi connectivity index (χ3n) is 3.75. The number of hydrogen-bond acceptors (Lipinski definition) is 4. The van der Waals surface area contributed by atoms with Gasteiger partial charge in [-0.1, -0.05) is 13.0 Å². The summed E-state index contributed by atoms with van der Waals surface area (Å²) in [5.74, 6) is 2.12. The number of hydrogen-bond donors (Lipinski definition) is 1. The lowest BCUT2D eigenvalue weighted by molar-refractivity contribution is 0.206. The second-order valence-corrected chi connectivity index (χ2v) is 5.39. The Hall–Kier alpha value is -2.01. The molecule has 5 heteroatoms. The highest BCUT2D eigenvalue weighted by Crippen LogP contribution is 2.26. The summed E-state index contributed by atoms with van der Waals surface area (Å²) in [6, 6.07) is 5.58. The Morgan fingerprint density at radius 3 is 3.05 bits per heavy atom. The molecule has 112 valence electrons. The molecule has 1 aromatic heterocycles. The Kier molecular flexibility index (Phi) is 4.10. The Morgan fingerprint density at radius 1 is 1.33 bits per heavy atom. The van der Waals surface area contributed by atoms with E-state index in [-0.39, 0.29) is 0 Å². The molecule has 0 saturated carbocycles. The van der Waals surface area contributed by atoms with Crippen molar-refractivity contribution in [1.29, 1.82) is 0 Å². The Labute approximate surface area is 124 Å². The van der Waals surface area contributed by atoms with Crippen LogP contribution in [0.2, 0.25) is 0 Å². The van der Waals surface area contributed by atoms with Gasteiger partial charge >= 0.3 is 0 Å². The lowest BCUT2D eigenvalue weighted by atomic mass is 10.1. The Bertz CT molecular complexity index is 609. The summed E-state index contributed by atoms with van der Waals surface area (Å²) in [7, 11) is 0. The highest BCUT2D eigenvalue weighted by atomic mass is 16.5. The molecule has 1 aliphatic rings. The van der Waals surface area contributed by atoms with Crippen molar-refractivity contribution in [1.82, 2.24) is 14.5 Å². The minimum absolute atomic E-state index is 0.303. The summed E-state index contributed by atoms with van der Waals surface area (Å²) in [5.41, 5.74) is 0.929. The maximum atomic E-state index is 10.1. The molecule has 0 amide bonds. The maximum Gasteiger partial charge on any atom is 0.123 e. The van der Waals surface area contributed by atoms with Gasteiger partial charge in [0.05, 0.1) is 13.2 Å². The van der Waals surface area contributed by atoms with Crippen molar-refractivity contribution in [2.45, 2.75) is 33.0 Å². The van der Waals surface area contributed by atoms with Crippen LogP contribution in [-0.4, -0.2) is 32.7 Å². The summed E-state index contributed by atoms with van der Waals surface area (Å²) in [4.78, 5) is 6.65. The fraction of sp³-hybridized carbons (Fsp3) is 0.438. The monoisotopic (exact) mass is 287 g/mol. The molecule has 0 atom stereocenters. The third-order valence-corrected chi connectivity index (χ3v) is 3.75. The van der Waals surface area contributed by atoms with Crippen LogP contribution in [0.4, 0.5) is 0 Å². The summed E-state index contributed by atoms with van der Waals surface area (Å²) in [6.45, 7) is 6.21. The molecular weight excluding hydrogens is 266 g/mol. The van der Waals surface area contributed by atoms with Crippen LogP contribution < -0.4 is 4.74 Å². The van der Waals surface area contributed by atoms with E-state index in [1.807, 2.05) is 24.5 Å². The quantitative estimate of drug-likeness (QED) is 0.917. The number of aromatic nitrogens is 2. The van der Waals surface area contributed by atoms with E-state index in [1.54, 1.807) is 6.07 Å². The van der Waals surface area contributed by atoms with Gasteiger partial charge in [0, 0.05) is 43.7 Å². The molecular formula is C16H21N3O2. The number of rotatable bonds is 5. The first-order chi connectivity index (χ1) is 10.3. The molecule has 0 spiro atoms. The predicted octanol–water partition coefficient (Wildman–Crippen LogP) is 2.39. The second kappa shape index (κ2) is 6.18. The van der Waals surface area contributed by atoms with Crippen molar-refractivity contribution in [3.8, 4) is 11.5 Å². The molecule has 1 aliphatic heterocycles. The van der Waals surface area contributed by atoms with Gasteiger partial charge in [-0.05, 0) is 12.5 Å². The fourth-order valence-electron chi connectivity index (χ4n) is 2.59. The van der Waals surface area contributed by atoms with Gasteiger partial charge in [-0.2, -0.15) is 0 Å². The van der Waals surface area contributed by atoms with E-state index in [1.165, 1.54) is 0 Å². The maximum absolute atomic E-state index is 10.1. The van der Waals surface area contributed by atoms with Gasteiger partial charge in [-0.15, -0.1) is 0 Å². The van der Waals surface area contributed by atoms with Crippen molar-refractivity contribution in [3.05, 3.63) is 42.0 Å². The zero-order valence-electron chi connectivity index (χ0n) is 12.3. The van der Waals surface area contributed by atoms with Crippen molar-refractivity contribution in [2.24, 2.45) is 0 Å². The van der Waals surface area contributed by atoms with E-state index in [0.29, 0.717) is 12.4 Å². The lowest BCUT2D eigenvalue weighted by Crippen LogP contribution is -2.33. The summed E-state index contributed by atoms with van der Waals surface area (Å²) in [6.07, 6.45) is 4.82. The van der Waals surface area contributed by atoms with Gasteiger partial charge in [0.1, 0.15) is 17.3 Å². The molecule has 3 rings (SSSR count). The average molecular weight is 287 g/mol. The Balaban J connectivity index is 1.65.